The maximum atomic E-state index is 3.68. The van der Waals surface area contributed by atoms with Crippen LogP contribution in [0.25, 0.3) is 0 Å². The van der Waals surface area contributed by atoms with E-state index in [-0.39, 0.29) is 0 Å². The number of hydrogen-bond donors (Lipinski definition) is 1. The number of hydrogen-bond acceptors (Lipinski definition) is 2. The molecule has 2 heteroatoms. The Kier molecular flexibility index (Phi) is 4.87. The summed E-state index contributed by atoms with van der Waals surface area (Å²) < 4.78 is 0. The van der Waals surface area contributed by atoms with Gasteiger partial charge in [0, 0.05) is 18.6 Å². The average Bonchev–Trinajstić information content (AvgIpc) is 2.66. The number of likely N-dealkylation sites (tertiary alicyclic amines) is 1. The zero-order chi connectivity index (χ0) is 12.1. The van der Waals surface area contributed by atoms with Crippen LogP contribution < -0.4 is 5.32 Å². The van der Waals surface area contributed by atoms with Gasteiger partial charge in [0.25, 0.3) is 0 Å². The first kappa shape index (κ1) is 13.4. The Morgan fingerprint density at radius 1 is 1.12 bits per heavy atom. The van der Waals surface area contributed by atoms with Crippen molar-refractivity contribution in [1.82, 2.24) is 10.2 Å². The molecular weight excluding hydrogens is 208 g/mol. The molecule has 1 saturated heterocycles. The fraction of sp³-hybridized carbons (Fsp3) is 1.00. The molecule has 0 radical (unpaired) electrons. The lowest BCUT2D eigenvalue weighted by Crippen LogP contribution is -2.42. The van der Waals surface area contributed by atoms with Crippen LogP contribution in [0.4, 0.5) is 0 Å². The highest BCUT2D eigenvalue weighted by molar-refractivity contribution is 4.87. The van der Waals surface area contributed by atoms with E-state index in [0.29, 0.717) is 5.54 Å². The van der Waals surface area contributed by atoms with Crippen LogP contribution in [0.3, 0.4) is 0 Å². The Labute approximate surface area is 107 Å². The van der Waals surface area contributed by atoms with Gasteiger partial charge in [-0.15, -0.1) is 0 Å². The van der Waals surface area contributed by atoms with Crippen LogP contribution in [-0.2, 0) is 0 Å². The van der Waals surface area contributed by atoms with Gasteiger partial charge in [-0.2, -0.15) is 0 Å². The Morgan fingerprint density at radius 3 is 2.53 bits per heavy atom. The molecule has 17 heavy (non-hydrogen) atoms. The molecule has 0 aromatic carbocycles. The minimum Gasteiger partial charge on any atom is -0.315 e. The van der Waals surface area contributed by atoms with E-state index in [9.17, 15) is 0 Å². The van der Waals surface area contributed by atoms with Crippen molar-refractivity contribution in [2.45, 2.75) is 64.3 Å². The van der Waals surface area contributed by atoms with Crippen LogP contribution in [0, 0.1) is 5.92 Å². The monoisotopic (exact) mass is 238 g/mol. The van der Waals surface area contributed by atoms with Gasteiger partial charge in [0.2, 0.25) is 0 Å². The maximum Gasteiger partial charge on any atom is 0.0154 e. The van der Waals surface area contributed by atoms with Crippen LogP contribution in [0.1, 0.15) is 58.8 Å². The number of nitrogens with one attached hydrogen (secondary N) is 1. The topological polar surface area (TPSA) is 15.3 Å². The molecule has 2 nitrogen and oxygen atoms in total. The predicted molar refractivity (Wildman–Crippen MR) is 74.3 cm³/mol. The zero-order valence-corrected chi connectivity index (χ0v) is 11.8. The van der Waals surface area contributed by atoms with E-state index < -0.39 is 0 Å². The predicted octanol–water partition coefficient (Wildman–Crippen LogP) is 3.03. The van der Waals surface area contributed by atoms with E-state index in [1.54, 1.807) is 0 Å². The van der Waals surface area contributed by atoms with Crippen LogP contribution in [0.2, 0.25) is 0 Å². The van der Waals surface area contributed by atoms with Gasteiger partial charge >= 0.3 is 0 Å². The minimum absolute atomic E-state index is 0.451. The van der Waals surface area contributed by atoms with E-state index in [0.717, 1.165) is 5.92 Å². The molecule has 2 aliphatic rings. The first-order chi connectivity index (χ1) is 8.18. The van der Waals surface area contributed by atoms with E-state index in [1.807, 2.05) is 0 Å². The van der Waals surface area contributed by atoms with Crippen molar-refractivity contribution in [3.8, 4) is 0 Å². The second-order valence-electron chi connectivity index (χ2n) is 6.61. The lowest BCUT2D eigenvalue weighted by atomic mass is 9.89. The molecule has 1 aliphatic heterocycles. The van der Waals surface area contributed by atoms with Gasteiger partial charge in [0.15, 0.2) is 0 Å². The molecule has 1 aliphatic carbocycles. The van der Waals surface area contributed by atoms with Gasteiger partial charge < -0.3 is 5.32 Å². The Hall–Kier alpha value is -0.0800. The number of rotatable bonds is 5. The largest absolute Gasteiger partial charge is 0.315 e. The highest BCUT2D eigenvalue weighted by Crippen LogP contribution is 2.27. The van der Waals surface area contributed by atoms with Crippen LogP contribution in [-0.4, -0.2) is 36.6 Å². The molecule has 0 unspecified atom stereocenters. The summed E-state index contributed by atoms with van der Waals surface area (Å²) in [6, 6.07) is 0. The van der Waals surface area contributed by atoms with Gasteiger partial charge in [0.1, 0.15) is 0 Å². The Morgan fingerprint density at radius 2 is 1.88 bits per heavy atom. The van der Waals surface area contributed by atoms with Crippen LogP contribution in [0.5, 0.6) is 0 Å². The average molecular weight is 238 g/mol. The minimum atomic E-state index is 0.451. The SMILES string of the molecule is CC1(C)CCCN1CCNCC1CCCCC1. The van der Waals surface area contributed by atoms with Gasteiger partial charge in [-0.25, -0.2) is 0 Å². The molecule has 0 spiro atoms. The van der Waals surface area contributed by atoms with E-state index in [4.69, 9.17) is 0 Å². The standard InChI is InChI=1S/C15H30N2/c1-15(2)9-6-11-17(15)12-10-16-13-14-7-4-3-5-8-14/h14,16H,3-13H2,1-2H3. The fourth-order valence-corrected chi connectivity index (χ4v) is 3.49. The Balaban J connectivity index is 1.56. The quantitative estimate of drug-likeness (QED) is 0.741. The van der Waals surface area contributed by atoms with E-state index >= 15 is 0 Å². The van der Waals surface area contributed by atoms with Crippen molar-refractivity contribution in [3.63, 3.8) is 0 Å². The van der Waals surface area contributed by atoms with Crippen molar-refractivity contribution < 1.29 is 0 Å². The highest BCUT2D eigenvalue weighted by atomic mass is 15.2. The van der Waals surface area contributed by atoms with Gasteiger partial charge in [-0.05, 0) is 58.5 Å². The summed E-state index contributed by atoms with van der Waals surface area (Å²) >= 11 is 0. The molecular formula is C15H30N2. The summed E-state index contributed by atoms with van der Waals surface area (Å²) in [5, 5.41) is 3.68. The smallest absolute Gasteiger partial charge is 0.0154 e. The fourth-order valence-electron chi connectivity index (χ4n) is 3.49. The molecule has 2 fully saturated rings. The molecule has 0 aromatic rings. The van der Waals surface area contributed by atoms with Gasteiger partial charge in [-0.3, -0.25) is 4.90 Å². The highest BCUT2D eigenvalue weighted by Gasteiger charge is 2.30. The van der Waals surface area contributed by atoms with E-state index in [1.165, 1.54) is 71.1 Å². The normalized spacial score (nSPS) is 26.5. The van der Waals surface area contributed by atoms with Gasteiger partial charge in [-0.1, -0.05) is 19.3 Å². The number of nitrogens with zero attached hydrogens (tertiary/aromatic N) is 1. The molecule has 0 aromatic heterocycles. The summed E-state index contributed by atoms with van der Waals surface area (Å²) in [5.74, 6) is 0.968. The first-order valence-electron chi connectivity index (χ1n) is 7.64. The third-order valence-corrected chi connectivity index (χ3v) is 4.79. The van der Waals surface area contributed by atoms with Crippen LogP contribution >= 0.6 is 0 Å². The van der Waals surface area contributed by atoms with Crippen molar-refractivity contribution >= 4 is 0 Å². The summed E-state index contributed by atoms with van der Waals surface area (Å²) in [6.45, 7) is 9.76. The molecule has 2 rings (SSSR count). The van der Waals surface area contributed by atoms with Crippen molar-refractivity contribution in [2.24, 2.45) is 5.92 Å². The second kappa shape index (κ2) is 6.19. The molecule has 100 valence electrons. The zero-order valence-electron chi connectivity index (χ0n) is 11.8. The molecule has 1 heterocycles. The van der Waals surface area contributed by atoms with E-state index in [2.05, 4.69) is 24.1 Å². The molecule has 0 amide bonds. The molecule has 0 atom stereocenters. The second-order valence-corrected chi connectivity index (χ2v) is 6.61. The van der Waals surface area contributed by atoms with Crippen molar-refractivity contribution in [2.75, 3.05) is 26.2 Å². The summed E-state index contributed by atoms with van der Waals surface area (Å²) in [7, 11) is 0. The lowest BCUT2D eigenvalue weighted by molar-refractivity contribution is 0.174. The summed E-state index contributed by atoms with van der Waals surface area (Å²) in [4.78, 5) is 2.65. The third kappa shape index (κ3) is 3.96. The first-order valence-corrected chi connectivity index (χ1v) is 7.64. The van der Waals surface area contributed by atoms with Crippen LogP contribution in [0.15, 0.2) is 0 Å². The molecule has 1 saturated carbocycles. The Bertz CT molecular complexity index is 219. The summed E-state index contributed by atoms with van der Waals surface area (Å²) in [6.07, 6.45) is 10.1. The summed E-state index contributed by atoms with van der Waals surface area (Å²) in [5.41, 5.74) is 0.451. The lowest BCUT2D eigenvalue weighted by Gasteiger charge is -2.32. The van der Waals surface area contributed by atoms with Gasteiger partial charge in [0.05, 0.1) is 0 Å². The van der Waals surface area contributed by atoms with Crippen molar-refractivity contribution in [1.29, 1.82) is 0 Å². The molecule has 1 N–H and O–H groups in total. The third-order valence-electron chi connectivity index (χ3n) is 4.79. The van der Waals surface area contributed by atoms with Crippen molar-refractivity contribution in [3.05, 3.63) is 0 Å². The molecule has 0 bridgehead atoms. The maximum absolute atomic E-state index is 3.68.